The third-order valence-corrected chi connectivity index (χ3v) is 8.04. The molecule has 4 heterocycles. The van der Waals surface area contributed by atoms with Gasteiger partial charge >= 0.3 is 0 Å². The fraction of sp³-hybridized carbons (Fsp3) is 0.529. The normalized spacial score (nSPS) is 25.9. The van der Waals surface area contributed by atoms with E-state index in [1.807, 2.05) is 37.4 Å². The van der Waals surface area contributed by atoms with Gasteiger partial charge < -0.3 is 4.90 Å². The van der Waals surface area contributed by atoms with Crippen LogP contribution >= 0.6 is 11.3 Å². The molecule has 2 aliphatic heterocycles. The number of sulfonamides is 1. The van der Waals surface area contributed by atoms with Crippen molar-refractivity contribution >= 4 is 27.2 Å². The zero-order chi connectivity index (χ0) is 18.5. The second-order valence-electron chi connectivity index (χ2n) is 7.12. The molecule has 0 aromatic carbocycles. The SMILES string of the molecule is CC(C)N1C2CN(Cc3nccs3)CC2N(C)c2ncccc2S1(=O)=O. The molecule has 1 saturated heterocycles. The maximum absolute atomic E-state index is 13.4. The maximum Gasteiger partial charge on any atom is 0.247 e. The van der Waals surface area contributed by atoms with Crippen LogP contribution in [0.5, 0.6) is 0 Å². The molecule has 2 unspecified atom stereocenters. The summed E-state index contributed by atoms with van der Waals surface area (Å²) in [7, 11) is -1.65. The van der Waals surface area contributed by atoms with Crippen LogP contribution in [0.15, 0.2) is 34.8 Å². The molecule has 0 spiro atoms. The summed E-state index contributed by atoms with van der Waals surface area (Å²) in [5.74, 6) is 0.543. The van der Waals surface area contributed by atoms with E-state index >= 15 is 0 Å². The van der Waals surface area contributed by atoms with Gasteiger partial charge in [-0.2, -0.15) is 4.31 Å². The Morgan fingerprint density at radius 3 is 2.69 bits per heavy atom. The van der Waals surface area contributed by atoms with Crippen LogP contribution in [-0.2, 0) is 16.6 Å². The average molecular weight is 394 g/mol. The van der Waals surface area contributed by atoms with E-state index in [9.17, 15) is 8.42 Å². The summed E-state index contributed by atoms with van der Waals surface area (Å²) < 4.78 is 28.5. The van der Waals surface area contributed by atoms with Crippen molar-refractivity contribution < 1.29 is 8.42 Å². The highest BCUT2D eigenvalue weighted by atomic mass is 32.2. The fourth-order valence-electron chi connectivity index (χ4n) is 4.09. The molecule has 0 radical (unpaired) electrons. The topological polar surface area (TPSA) is 69.6 Å². The molecule has 9 heteroatoms. The Morgan fingerprint density at radius 1 is 1.23 bits per heavy atom. The minimum Gasteiger partial charge on any atom is -0.353 e. The van der Waals surface area contributed by atoms with Gasteiger partial charge in [-0.15, -0.1) is 11.3 Å². The molecule has 2 aromatic heterocycles. The lowest BCUT2D eigenvalue weighted by atomic mass is 10.1. The van der Waals surface area contributed by atoms with Crippen molar-refractivity contribution in [1.82, 2.24) is 19.2 Å². The van der Waals surface area contributed by atoms with Gasteiger partial charge in [0.15, 0.2) is 0 Å². The Morgan fingerprint density at radius 2 is 2.00 bits per heavy atom. The minimum absolute atomic E-state index is 0.0586. The van der Waals surface area contributed by atoms with Gasteiger partial charge in [-0.25, -0.2) is 18.4 Å². The monoisotopic (exact) mass is 393 g/mol. The van der Waals surface area contributed by atoms with Gasteiger partial charge in [0.05, 0.1) is 18.6 Å². The highest BCUT2D eigenvalue weighted by Gasteiger charge is 2.49. The number of likely N-dealkylation sites (N-methyl/N-ethyl adjacent to an activating group) is 1. The summed E-state index contributed by atoms with van der Waals surface area (Å²) in [6.07, 6.45) is 3.47. The summed E-state index contributed by atoms with van der Waals surface area (Å²) >= 11 is 1.63. The van der Waals surface area contributed by atoms with Crippen molar-refractivity contribution in [2.24, 2.45) is 0 Å². The number of fused-ring (bicyclic) bond motifs is 2. The standard InChI is InChI=1S/C17H23N5O2S2/c1-12(2)22-14-10-21(11-16-18-7-8-25-16)9-13(14)20(3)17-15(26(22,23)24)5-4-6-19-17/h4-8,12-14H,9-11H2,1-3H3. The fourth-order valence-corrected chi connectivity index (χ4v) is 6.77. The zero-order valence-corrected chi connectivity index (χ0v) is 16.7. The summed E-state index contributed by atoms with van der Waals surface area (Å²) in [5, 5.41) is 3.03. The first-order valence-electron chi connectivity index (χ1n) is 8.71. The predicted molar refractivity (Wildman–Crippen MR) is 102 cm³/mol. The zero-order valence-electron chi connectivity index (χ0n) is 15.1. The second kappa shape index (κ2) is 6.56. The van der Waals surface area contributed by atoms with Crippen LogP contribution in [0.1, 0.15) is 18.9 Å². The lowest BCUT2D eigenvalue weighted by molar-refractivity contribution is 0.249. The lowest BCUT2D eigenvalue weighted by Crippen LogP contribution is -2.52. The Labute approximate surface area is 158 Å². The number of aromatic nitrogens is 2. The quantitative estimate of drug-likeness (QED) is 0.790. The van der Waals surface area contributed by atoms with Crippen molar-refractivity contribution in [3.8, 4) is 0 Å². The Kier molecular flexibility index (Phi) is 4.50. The molecular weight excluding hydrogens is 370 g/mol. The van der Waals surface area contributed by atoms with Gasteiger partial charge in [-0.05, 0) is 26.0 Å². The minimum atomic E-state index is -3.60. The van der Waals surface area contributed by atoms with Crippen LogP contribution in [0.4, 0.5) is 5.82 Å². The van der Waals surface area contributed by atoms with E-state index in [1.54, 1.807) is 34.0 Å². The molecule has 0 saturated carbocycles. The summed E-state index contributed by atoms with van der Waals surface area (Å²) in [6.45, 7) is 6.12. The number of anilines is 1. The van der Waals surface area contributed by atoms with Gasteiger partial charge in [0.25, 0.3) is 0 Å². The molecule has 2 aromatic rings. The summed E-state index contributed by atoms with van der Waals surface area (Å²) in [5.41, 5.74) is 0. The van der Waals surface area contributed by atoms with Gasteiger partial charge in [0.2, 0.25) is 10.0 Å². The Hall–Kier alpha value is -1.55. The van der Waals surface area contributed by atoms with Gasteiger partial charge in [-0.3, -0.25) is 4.90 Å². The average Bonchev–Trinajstić information content (AvgIpc) is 3.23. The van der Waals surface area contributed by atoms with E-state index in [1.165, 1.54) is 0 Å². The van der Waals surface area contributed by atoms with Crippen molar-refractivity contribution in [2.45, 2.75) is 43.4 Å². The number of pyridine rings is 1. The third-order valence-electron chi connectivity index (χ3n) is 5.15. The van der Waals surface area contributed by atoms with E-state index < -0.39 is 10.0 Å². The van der Waals surface area contributed by atoms with E-state index in [-0.39, 0.29) is 18.1 Å². The van der Waals surface area contributed by atoms with Crippen molar-refractivity contribution in [1.29, 1.82) is 0 Å². The van der Waals surface area contributed by atoms with Crippen LogP contribution in [0.25, 0.3) is 0 Å². The van der Waals surface area contributed by atoms with Crippen LogP contribution in [0, 0.1) is 0 Å². The lowest BCUT2D eigenvalue weighted by Gasteiger charge is -2.34. The molecule has 2 atom stereocenters. The van der Waals surface area contributed by atoms with Crippen LogP contribution < -0.4 is 4.90 Å². The number of nitrogens with zero attached hydrogens (tertiary/aromatic N) is 5. The van der Waals surface area contributed by atoms with E-state index in [0.717, 1.165) is 18.1 Å². The number of rotatable bonds is 3. The van der Waals surface area contributed by atoms with Crippen LogP contribution in [0.2, 0.25) is 0 Å². The molecule has 1 fully saturated rings. The van der Waals surface area contributed by atoms with E-state index in [4.69, 9.17) is 0 Å². The van der Waals surface area contributed by atoms with Crippen molar-refractivity contribution in [3.63, 3.8) is 0 Å². The molecule has 0 aliphatic carbocycles. The molecule has 4 rings (SSSR count). The smallest absolute Gasteiger partial charge is 0.247 e. The first kappa shape index (κ1) is 17.8. The van der Waals surface area contributed by atoms with Crippen LogP contribution in [0.3, 0.4) is 0 Å². The predicted octanol–water partition coefficient (Wildman–Crippen LogP) is 1.64. The molecule has 2 aliphatic rings. The van der Waals surface area contributed by atoms with Gasteiger partial charge in [0.1, 0.15) is 15.7 Å². The first-order chi connectivity index (χ1) is 12.4. The van der Waals surface area contributed by atoms with Crippen LogP contribution in [-0.4, -0.2) is 65.9 Å². The molecule has 26 heavy (non-hydrogen) atoms. The highest BCUT2D eigenvalue weighted by Crippen LogP contribution is 2.37. The molecule has 0 amide bonds. The molecule has 0 N–H and O–H groups in total. The molecule has 0 bridgehead atoms. The second-order valence-corrected chi connectivity index (χ2v) is 9.91. The van der Waals surface area contributed by atoms with Crippen molar-refractivity contribution in [2.75, 3.05) is 25.0 Å². The number of likely N-dealkylation sites (tertiary alicyclic amines) is 1. The molecule has 140 valence electrons. The largest absolute Gasteiger partial charge is 0.353 e. The van der Waals surface area contributed by atoms with E-state index in [2.05, 4.69) is 14.9 Å². The number of hydrogen-bond donors (Lipinski definition) is 0. The Bertz CT molecular complexity index is 884. The number of thiazole rings is 1. The summed E-state index contributed by atoms with van der Waals surface area (Å²) in [6, 6.07) is 3.19. The van der Waals surface area contributed by atoms with E-state index in [0.29, 0.717) is 17.3 Å². The maximum atomic E-state index is 13.4. The highest BCUT2D eigenvalue weighted by molar-refractivity contribution is 7.89. The first-order valence-corrected chi connectivity index (χ1v) is 11.0. The summed E-state index contributed by atoms with van der Waals surface area (Å²) in [4.78, 5) is 13.4. The van der Waals surface area contributed by atoms with Gasteiger partial charge in [0, 0.05) is 44.0 Å². The van der Waals surface area contributed by atoms with Gasteiger partial charge in [-0.1, -0.05) is 0 Å². The molecular formula is C17H23N5O2S2. The van der Waals surface area contributed by atoms with Crippen molar-refractivity contribution in [3.05, 3.63) is 34.9 Å². The third kappa shape index (κ3) is 2.83. The number of hydrogen-bond acceptors (Lipinski definition) is 7. The Balaban J connectivity index is 1.75. The molecule has 7 nitrogen and oxygen atoms in total.